The fourth-order valence-electron chi connectivity index (χ4n) is 2.12. The van der Waals surface area contributed by atoms with E-state index in [0.717, 1.165) is 12.1 Å². The first-order valence-corrected chi connectivity index (χ1v) is 7.94. The zero-order valence-electron chi connectivity index (χ0n) is 13.7. The van der Waals surface area contributed by atoms with Crippen molar-refractivity contribution in [1.82, 2.24) is 0 Å². The third kappa shape index (κ3) is 4.80. The lowest BCUT2D eigenvalue weighted by Gasteiger charge is -2.10. The highest BCUT2D eigenvalue weighted by Gasteiger charge is 2.39. The first kappa shape index (κ1) is 21.6. The van der Waals surface area contributed by atoms with E-state index < -0.39 is 17.7 Å². The lowest BCUT2D eigenvalue weighted by Crippen LogP contribution is -2.24. The molecule has 130 valence electrons. The molecule has 0 unspecified atom stereocenters. The Morgan fingerprint density at radius 1 is 1.13 bits per heavy atom. The number of allylic oxidation sites excluding steroid dienone is 2. The molecule has 0 saturated heterocycles. The molecule has 1 aliphatic rings. The first-order valence-electron chi connectivity index (χ1n) is 7.23. The van der Waals surface area contributed by atoms with Crippen molar-refractivity contribution in [1.29, 1.82) is 5.41 Å². The number of fused-ring (bicyclic) bond motifs is 1. The minimum atomic E-state index is -4.76. The van der Waals surface area contributed by atoms with Gasteiger partial charge in [-0.25, -0.2) is 4.39 Å². The van der Waals surface area contributed by atoms with Gasteiger partial charge in [-0.05, 0) is 41.3 Å². The molecule has 0 bridgehead atoms. The van der Waals surface area contributed by atoms with Crippen LogP contribution in [0.15, 0.2) is 22.6 Å². The Bertz CT molecular complexity index is 591. The number of hydrogen-bond acceptors (Lipinski definition) is 2. The number of hydrogen-bond donors (Lipinski definition) is 1. The molecule has 1 aromatic carbocycles. The van der Waals surface area contributed by atoms with Crippen molar-refractivity contribution in [2.45, 2.75) is 52.1 Å². The topological polar surface area (TPSA) is 23.9 Å². The number of benzene rings is 1. The Kier molecular flexibility index (Phi) is 8.52. The highest BCUT2D eigenvalue weighted by molar-refractivity contribution is 7.94. The molecule has 0 heterocycles. The number of nitrogens with one attached hydrogen (secondary N) is 1. The Morgan fingerprint density at radius 2 is 1.65 bits per heavy atom. The van der Waals surface area contributed by atoms with E-state index in [9.17, 15) is 21.4 Å². The Morgan fingerprint density at radius 3 is 2.09 bits per heavy atom. The van der Waals surface area contributed by atoms with Crippen molar-refractivity contribution >= 4 is 23.4 Å². The molecule has 0 radical (unpaired) electrons. The van der Waals surface area contributed by atoms with Crippen molar-refractivity contribution in [3.63, 3.8) is 0 Å². The number of rotatable bonds is 2. The second-order valence-corrected chi connectivity index (χ2v) is 4.75. The van der Waals surface area contributed by atoms with Gasteiger partial charge in [-0.15, -0.1) is 0 Å². The second kappa shape index (κ2) is 9.05. The molecule has 0 saturated carbocycles. The molecule has 1 nitrogen and oxygen atoms in total. The summed E-state index contributed by atoms with van der Waals surface area (Å²) in [5.74, 6) is -0.710. The molecule has 0 spiro atoms. The Hall–Kier alpha value is -1.37. The van der Waals surface area contributed by atoms with Crippen LogP contribution in [-0.4, -0.2) is 11.9 Å². The van der Waals surface area contributed by atoms with Crippen LogP contribution >= 0.6 is 12.1 Å². The van der Waals surface area contributed by atoms with Gasteiger partial charge in [0.2, 0.25) is 0 Å². The Balaban J connectivity index is 0.00000112. The van der Waals surface area contributed by atoms with Crippen LogP contribution in [0.3, 0.4) is 0 Å². The van der Waals surface area contributed by atoms with E-state index in [2.05, 4.69) is 0 Å². The van der Waals surface area contributed by atoms with Crippen LogP contribution in [0.5, 0.6) is 0 Å². The van der Waals surface area contributed by atoms with Gasteiger partial charge in [0, 0.05) is 11.3 Å². The molecule has 0 fully saturated rings. The highest BCUT2D eigenvalue weighted by atomic mass is 32.2. The lowest BCUT2D eigenvalue weighted by molar-refractivity contribution is -0.0590. The summed E-state index contributed by atoms with van der Waals surface area (Å²) in [6.45, 7) is 9.38. The van der Waals surface area contributed by atoms with E-state index in [4.69, 9.17) is 5.41 Å². The zero-order chi connectivity index (χ0) is 18.4. The molecule has 0 atom stereocenters. The highest BCUT2D eigenvalue weighted by Crippen LogP contribution is 2.41. The van der Waals surface area contributed by atoms with Crippen molar-refractivity contribution in [2.24, 2.45) is 0 Å². The van der Waals surface area contributed by atoms with Crippen LogP contribution in [0.2, 0.25) is 0 Å². The maximum absolute atomic E-state index is 13.3. The van der Waals surface area contributed by atoms with E-state index in [-0.39, 0.29) is 40.2 Å². The van der Waals surface area contributed by atoms with Crippen molar-refractivity contribution in [3.05, 3.63) is 34.6 Å². The molecule has 7 heteroatoms. The fourth-order valence-corrected chi connectivity index (χ4v) is 2.55. The number of alkyl halides is 3. The van der Waals surface area contributed by atoms with Gasteiger partial charge in [-0.3, -0.25) is 5.41 Å². The monoisotopic (exact) mass is 353 g/mol. The van der Waals surface area contributed by atoms with E-state index in [1.165, 1.54) is 6.92 Å². The van der Waals surface area contributed by atoms with E-state index in [1.54, 1.807) is 0 Å². The zero-order valence-corrected chi connectivity index (χ0v) is 14.5. The standard InChI is InChI=1S/C12H8F5NS.2C2H6/c1-5-7-2-6(13)3-10(19-17)9(7)4-8(5)11(18)12(14,15)16;2*1-2/h2-3,18H,4H2,1H3;2*1-2H3. The maximum atomic E-state index is 13.3. The van der Waals surface area contributed by atoms with Crippen molar-refractivity contribution in [2.75, 3.05) is 0 Å². The molecule has 23 heavy (non-hydrogen) atoms. The summed E-state index contributed by atoms with van der Waals surface area (Å²) in [5.41, 5.74) is -0.980. The molecule has 1 N–H and O–H groups in total. The minimum absolute atomic E-state index is 0.0423. The van der Waals surface area contributed by atoms with Gasteiger partial charge in [0.05, 0.1) is 12.1 Å². The van der Waals surface area contributed by atoms with E-state index in [0.29, 0.717) is 5.56 Å². The fraction of sp³-hybridized carbons (Fsp3) is 0.438. The van der Waals surface area contributed by atoms with Gasteiger partial charge in [0.25, 0.3) is 0 Å². The lowest BCUT2D eigenvalue weighted by atomic mass is 10.1. The third-order valence-corrected chi connectivity index (χ3v) is 3.58. The van der Waals surface area contributed by atoms with Crippen LogP contribution in [0.1, 0.15) is 45.7 Å². The van der Waals surface area contributed by atoms with Crippen LogP contribution in [0.4, 0.5) is 21.4 Å². The molecule has 0 amide bonds. The van der Waals surface area contributed by atoms with E-state index in [1.807, 2.05) is 27.7 Å². The van der Waals surface area contributed by atoms with Gasteiger partial charge < -0.3 is 0 Å². The number of halogens is 5. The molecular formula is C16H20F5NS. The summed E-state index contributed by atoms with van der Waals surface area (Å²) in [6, 6.07) is 2.01. The molecule has 1 aliphatic carbocycles. The van der Waals surface area contributed by atoms with Gasteiger partial charge in [0.15, 0.2) is 0 Å². The Labute approximate surface area is 137 Å². The van der Waals surface area contributed by atoms with Crippen LogP contribution in [0, 0.1) is 11.2 Å². The van der Waals surface area contributed by atoms with Gasteiger partial charge in [0.1, 0.15) is 11.5 Å². The average molecular weight is 353 g/mol. The predicted octanol–water partition coefficient (Wildman–Crippen LogP) is 6.77. The van der Waals surface area contributed by atoms with Crippen LogP contribution < -0.4 is 0 Å². The van der Waals surface area contributed by atoms with Crippen molar-refractivity contribution < 1.29 is 21.4 Å². The summed E-state index contributed by atoms with van der Waals surface area (Å²) in [5, 5.41) is 7.15. The first-order chi connectivity index (χ1) is 10.8. The molecule has 0 aromatic heterocycles. The molecular weight excluding hydrogens is 333 g/mol. The summed E-state index contributed by atoms with van der Waals surface area (Å²) in [7, 11) is 0. The maximum Gasteiger partial charge on any atom is 0.432 e. The van der Waals surface area contributed by atoms with Gasteiger partial charge in [-0.1, -0.05) is 27.7 Å². The molecule has 1 aromatic rings. The predicted molar refractivity (Wildman–Crippen MR) is 86.1 cm³/mol. The second-order valence-electron chi connectivity index (χ2n) is 4.16. The van der Waals surface area contributed by atoms with Crippen molar-refractivity contribution in [3.8, 4) is 0 Å². The normalized spacial score (nSPS) is 12.8. The molecule has 2 rings (SSSR count). The smallest absolute Gasteiger partial charge is 0.296 e. The SMILES string of the molecule is CC.CC.CC1=C(C(=N)C(F)(F)F)Cc2c(SF)cc(F)cc21. The largest absolute Gasteiger partial charge is 0.432 e. The van der Waals surface area contributed by atoms with Gasteiger partial charge in [-0.2, -0.15) is 17.1 Å². The van der Waals surface area contributed by atoms with Gasteiger partial charge >= 0.3 is 6.18 Å². The molecule has 0 aliphatic heterocycles. The summed E-state index contributed by atoms with van der Waals surface area (Å²) < 4.78 is 63.6. The van der Waals surface area contributed by atoms with E-state index >= 15 is 0 Å². The quantitative estimate of drug-likeness (QED) is 0.460. The summed E-state index contributed by atoms with van der Waals surface area (Å²) in [4.78, 5) is -0.0423. The minimum Gasteiger partial charge on any atom is -0.296 e. The van der Waals surface area contributed by atoms with Crippen LogP contribution in [-0.2, 0) is 6.42 Å². The summed E-state index contributed by atoms with van der Waals surface area (Å²) >= 11 is -0.207. The summed E-state index contributed by atoms with van der Waals surface area (Å²) in [6.07, 6.45) is -4.97. The third-order valence-electron chi connectivity index (χ3n) is 3.05. The average Bonchev–Trinajstić information content (AvgIpc) is 2.86. The van der Waals surface area contributed by atoms with Crippen LogP contribution in [0.25, 0.3) is 5.57 Å².